The molecule has 3 aromatic rings. The number of fused-ring (bicyclic) bond motifs is 1. The molecule has 0 radical (unpaired) electrons. The molecule has 4 heteroatoms. The SMILES string of the molecule is CCn1c(=NC(=O)c2cccc(C)c2)sc2c(C)cc(C)cc21. The number of carbonyl (C=O) groups is 1. The second-order valence-electron chi connectivity index (χ2n) is 5.85. The van der Waals surface area contributed by atoms with Gasteiger partial charge in [-0.05, 0) is 57.0 Å². The molecule has 3 nitrogen and oxygen atoms in total. The Balaban J connectivity index is 2.19. The lowest BCUT2D eigenvalue weighted by atomic mass is 10.1. The lowest BCUT2D eigenvalue weighted by molar-refractivity contribution is 0.0998. The zero-order valence-electron chi connectivity index (χ0n) is 13.9. The van der Waals surface area contributed by atoms with Gasteiger partial charge in [0.1, 0.15) is 0 Å². The summed E-state index contributed by atoms with van der Waals surface area (Å²) in [7, 11) is 0. The van der Waals surface area contributed by atoms with Gasteiger partial charge in [0.15, 0.2) is 4.80 Å². The third kappa shape index (κ3) is 2.99. The van der Waals surface area contributed by atoms with Crippen molar-refractivity contribution in [3.63, 3.8) is 0 Å². The zero-order valence-corrected chi connectivity index (χ0v) is 14.7. The molecule has 0 aliphatic carbocycles. The minimum Gasteiger partial charge on any atom is -0.317 e. The quantitative estimate of drug-likeness (QED) is 0.688. The molecular formula is C19H20N2OS. The van der Waals surface area contributed by atoms with Crippen molar-refractivity contribution in [1.29, 1.82) is 0 Å². The molecule has 0 bridgehead atoms. The minimum atomic E-state index is -0.183. The van der Waals surface area contributed by atoms with E-state index in [0.29, 0.717) is 5.56 Å². The van der Waals surface area contributed by atoms with E-state index in [0.717, 1.165) is 22.4 Å². The van der Waals surface area contributed by atoms with Gasteiger partial charge in [-0.3, -0.25) is 4.79 Å². The zero-order chi connectivity index (χ0) is 16.6. The topological polar surface area (TPSA) is 34.4 Å². The predicted octanol–water partition coefficient (Wildman–Crippen LogP) is 4.39. The first-order valence-electron chi connectivity index (χ1n) is 7.76. The van der Waals surface area contributed by atoms with Crippen LogP contribution in [0.5, 0.6) is 0 Å². The monoisotopic (exact) mass is 324 g/mol. The summed E-state index contributed by atoms with van der Waals surface area (Å²) < 4.78 is 3.32. The predicted molar refractivity (Wildman–Crippen MR) is 96.0 cm³/mol. The number of aromatic nitrogens is 1. The number of hydrogen-bond acceptors (Lipinski definition) is 2. The molecule has 3 rings (SSSR count). The van der Waals surface area contributed by atoms with Crippen LogP contribution in [0.15, 0.2) is 41.4 Å². The van der Waals surface area contributed by atoms with Gasteiger partial charge >= 0.3 is 0 Å². The lowest BCUT2D eigenvalue weighted by Gasteiger charge is -2.03. The number of carbonyl (C=O) groups excluding carboxylic acids is 1. The molecular weight excluding hydrogens is 304 g/mol. The number of hydrogen-bond donors (Lipinski definition) is 0. The fraction of sp³-hybridized carbons (Fsp3) is 0.263. The summed E-state index contributed by atoms with van der Waals surface area (Å²) in [6, 6.07) is 11.9. The van der Waals surface area contributed by atoms with E-state index in [4.69, 9.17) is 0 Å². The van der Waals surface area contributed by atoms with E-state index in [1.165, 1.54) is 15.8 Å². The van der Waals surface area contributed by atoms with Crippen LogP contribution in [0.2, 0.25) is 0 Å². The molecule has 0 saturated heterocycles. The molecule has 1 heterocycles. The van der Waals surface area contributed by atoms with Gasteiger partial charge in [0.05, 0.1) is 10.2 Å². The molecule has 23 heavy (non-hydrogen) atoms. The van der Waals surface area contributed by atoms with Gasteiger partial charge in [0, 0.05) is 12.1 Å². The van der Waals surface area contributed by atoms with Gasteiger partial charge < -0.3 is 4.57 Å². The molecule has 0 aliphatic rings. The molecule has 118 valence electrons. The van der Waals surface area contributed by atoms with Crippen LogP contribution in [0.25, 0.3) is 10.2 Å². The van der Waals surface area contributed by atoms with Gasteiger partial charge in [-0.25, -0.2) is 0 Å². The second kappa shape index (κ2) is 6.13. The van der Waals surface area contributed by atoms with Gasteiger partial charge in [-0.15, -0.1) is 0 Å². The molecule has 0 atom stereocenters. The van der Waals surface area contributed by atoms with Gasteiger partial charge in [-0.1, -0.05) is 35.1 Å². The summed E-state index contributed by atoms with van der Waals surface area (Å²) in [5.74, 6) is -0.183. The largest absolute Gasteiger partial charge is 0.317 e. The van der Waals surface area contributed by atoms with E-state index in [2.05, 4.69) is 42.5 Å². The maximum Gasteiger partial charge on any atom is 0.279 e. The fourth-order valence-corrected chi connectivity index (χ4v) is 3.98. The van der Waals surface area contributed by atoms with Crippen LogP contribution in [0.4, 0.5) is 0 Å². The van der Waals surface area contributed by atoms with Crippen LogP contribution >= 0.6 is 11.3 Å². The first-order chi connectivity index (χ1) is 11.0. The number of thiazole rings is 1. The van der Waals surface area contributed by atoms with Crippen molar-refractivity contribution in [2.24, 2.45) is 4.99 Å². The van der Waals surface area contributed by atoms with Crippen LogP contribution < -0.4 is 4.80 Å². The first-order valence-corrected chi connectivity index (χ1v) is 8.57. The molecule has 0 unspecified atom stereocenters. The first kappa shape index (κ1) is 15.7. The molecule has 0 spiro atoms. The Labute approximate surface area is 139 Å². The molecule has 0 fully saturated rings. The second-order valence-corrected chi connectivity index (χ2v) is 6.82. The Morgan fingerprint density at radius 1 is 1.13 bits per heavy atom. The number of nitrogens with zero attached hydrogens (tertiary/aromatic N) is 2. The Morgan fingerprint density at radius 2 is 1.91 bits per heavy atom. The average Bonchev–Trinajstić information content (AvgIpc) is 2.84. The molecule has 0 N–H and O–H groups in total. The summed E-state index contributed by atoms with van der Waals surface area (Å²) in [6.45, 7) is 9.06. The Kier molecular flexibility index (Phi) is 4.18. The number of amides is 1. The molecule has 0 aliphatic heterocycles. The van der Waals surface area contributed by atoms with Crippen molar-refractivity contribution < 1.29 is 4.79 Å². The number of aryl methyl sites for hydroxylation is 4. The van der Waals surface area contributed by atoms with Crippen molar-refractivity contribution >= 4 is 27.5 Å². The molecule has 0 saturated carbocycles. The Hall–Kier alpha value is -2.20. The van der Waals surface area contributed by atoms with Crippen LogP contribution in [-0.2, 0) is 6.54 Å². The summed E-state index contributed by atoms with van der Waals surface area (Å²) in [5.41, 5.74) is 5.32. The third-order valence-electron chi connectivity index (χ3n) is 3.89. The van der Waals surface area contributed by atoms with Crippen molar-refractivity contribution in [1.82, 2.24) is 4.57 Å². The van der Waals surface area contributed by atoms with Crippen molar-refractivity contribution in [2.75, 3.05) is 0 Å². The van der Waals surface area contributed by atoms with E-state index < -0.39 is 0 Å². The van der Waals surface area contributed by atoms with E-state index >= 15 is 0 Å². The molecule has 2 aromatic carbocycles. The van der Waals surface area contributed by atoms with Crippen molar-refractivity contribution in [3.8, 4) is 0 Å². The van der Waals surface area contributed by atoms with Crippen molar-refractivity contribution in [2.45, 2.75) is 34.2 Å². The highest BCUT2D eigenvalue weighted by molar-refractivity contribution is 7.16. The van der Waals surface area contributed by atoms with Gasteiger partial charge in [0.2, 0.25) is 0 Å². The summed E-state index contributed by atoms with van der Waals surface area (Å²) in [6.07, 6.45) is 0. The van der Waals surface area contributed by atoms with Gasteiger partial charge in [0.25, 0.3) is 5.91 Å². The Bertz CT molecular complexity index is 963. The highest BCUT2D eigenvalue weighted by Gasteiger charge is 2.10. The normalized spacial score (nSPS) is 12.1. The number of rotatable bonds is 2. The van der Waals surface area contributed by atoms with Crippen molar-refractivity contribution in [3.05, 3.63) is 63.5 Å². The minimum absolute atomic E-state index is 0.183. The van der Waals surface area contributed by atoms with Crippen LogP contribution in [0, 0.1) is 20.8 Å². The number of benzene rings is 2. The van der Waals surface area contributed by atoms with Gasteiger partial charge in [-0.2, -0.15) is 4.99 Å². The average molecular weight is 324 g/mol. The smallest absolute Gasteiger partial charge is 0.279 e. The lowest BCUT2D eigenvalue weighted by Crippen LogP contribution is -2.16. The van der Waals surface area contributed by atoms with E-state index in [1.54, 1.807) is 11.3 Å². The molecule has 1 amide bonds. The van der Waals surface area contributed by atoms with E-state index in [9.17, 15) is 4.79 Å². The summed E-state index contributed by atoms with van der Waals surface area (Å²) in [5, 5.41) is 0. The standard InChI is InChI=1S/C19H20N2OS/c1-5-21-16-11-13(3)9-14(4)17(16)23-19(21)20-18(22)15-8-6-7-12(2)10-15/h6-11H,5H2,1-4H3. The molecule has 1 aromatic heterocycles. The maximum atomic E-state index is 12.5. The van der Waals surface area contributed by atoms with Crippen LogP contribution in [0.1, 0.15) is 34.0 Å². The fourth-order valence-electron chi connectivity index (χ4n) is 2.83. The highest BCUT2D eigenvalue weighted by Crippen LogP contribution is 2.23. The Morgan fingerprint density at radius 3 is 2.61 bits per heavy atom. The highest BCUT2D eigenvalue weighted by atomic mass is 32.1. The van der Waals surface area contributed by atoms with E-state index in [1.807, 2.05) is 31.2 Å². The van der Waals surface area contributed by atoms with Crippen LogP contribution in [0.3, 0.4) is 0 Å². The summed E-state index contributed by atoms with van der Waals surface area (Å²) in [4.78, 5) is 17.6. The van der Waals surface area contributed by atoms with E-state index in [-0.39, 0.29) is 5.91 Å². The third-order valence-corrected chi connectivity index (χ3v) is 5.12. The van der Waals surface area contributed by atoms with Crippen LogP contribution in [-0.4, -0.2) is 10.5 Å². The maximum absolute atomic E-state index is 12.5. The summed E-state index contributed by atoms with van der Waals surface area (Å²) >= 11 is 1.59.